The number of hydrogen-bond acceptors (Lipinski definition) is 8. The van der Waals surface area contributed by atoms with Crippen LogP contribution < -0.4 is 5.32 Å². The smallest absolute Gasteiger partial charge is 0.338 e. The third-order valence-corrected chi connectivity index (χ3v) is 3.74. The molecule has 0 bridgehead atoms. The number of methoxy groups -OCH3 is 1. The van der Waals surface area contributed by atoms with Gasteiger partial charge < -0.3 is 24.4 Å². The van der Waals surface area contributed by atoms with Gasteiger partial charge in [-0.05, 0) is 12.1 Å². The largest absolute Gasteiger partial charge is 0.452 e. The summed E-state index contributed by atoms with van der Waals surface area (Å²) in [5.74, 6) is -1.12. The lowest BCUT2D eigenvalue weighted by Gasteiger charge is -2.26. The average Bonchev–Trinajstić information content (AvgIpc) is 2.66. The van der Waals surface area contributed by atoms with Crippen LogP contribution in [0.3, 0.4) is 0 Å². The SMILES string of the molecule is COCCNc1ccc(C(=O)OCC(=O)N2CCOCC2)cc1[N+](=O)[O-]. The standard InChI is InChI=1S/C16H21N3O7/c1-24-7-4-17-13-3-2-12(10-14(13)19(22)23)16(21)26-11-15(20)18-5-8-25-9-6-18/h2-3,10,17H,4-9,11H2,1H3. The minimum Gasteiger partial charge on any atom is -0.452 e. The minimum atomic E-state index is -0.793. The molecule has 10 nitrogen and oxygen atoms in total. The molecule has 142 valence electrons. The lowest BCUT2D eigenvalue weighted by molar-refractivity contribution is -0.384. The number of esters is 1. The Hall–Kier alpha value is -2.72. The van der Waals surface area contributed by atoms with Crippen molar-refractivity contribution in [2.24, 2.45) is 0 Å². The highest BCUT2D eigenvalue weighted by Gasteiger charge is 2.21. The fourth-order valence-corrected chi connectivity index (χ4v) is 2.36. The third kappa shape index (κ3) is 5.39. The summed E-state index contributed by atoms with van der Waals surface area (Å²) in [5, 5.41) is 14.1. The van der Waals surface area contributed by atoms with Crippen molar-refractivity contribution in [3.8, 4) is 0 Å². The van der Waals surface area contributed by atoms with Crippen molar-refractivity contribution in [3.63, 3.8) is 0 Å². The van der Waals surface area contributed by atoms with E-state index in [1.165, 1.54) is 19.2 Å². The lowest BCUT2D eigenvalue weighted by Crippen LogP contribution is -2.42. The van der Waals surface area contributed by atoms with Crippen molar-refractivity contribution in [2.75, 3.05) is 58.5 Å². The molecule has 1 aliphatic rings. The fraction of sp³-hybridized carbons (Fsp3) is 0.500. The van der Waals surface area contributed by atoms with E-state index in [1.54, 1.807) is 4.90 Å². The van der Waals surface area contributed by atoms with Gasteiger partial charge in [-0.3, -0.25) is 14.9 Å². The summed E-state index contributed by atoms with van der Waals surface area (Å²) in [6.45, 7) is 2.14. The molecule has 1 aliphatic heterocycles. The van der Waals surface area contributed by atoms with Crippen molar-refractivity contribution in [1.82, 2.24) is 4.90 Å². The molecule has 1 aromatic rings. The summed E-state index contributed by atoms with van der Waals surface area (Å²) in [7, 11) is 1.52. The van der Waals surface area contributed by atoms with Gasteiger partial charge in [0.1, 0.15) is 5.69 Å². The van der Waals surface area contributed by atoms with Gasteiger partial charge in [0, 0.05) is 32.8 Å². The predicted molar refractivity (Wildman–Crippen MR) is 91.1 cm³/mol. The molecule has 0 saturated carbocycles. The third-order valence-electron chi connectivity index (χ3n) is 3.74. The van der Waals surface area contributed by atoms with Gasteiger partial charge in [-0.1, -0.05) is 0 Å². The molecule has 10 heteroatoms. The van der Waals surface area contributed by atoms with Crippen LogP contribution in [0, 0.1) is 10.1 Å². The van der Waals surface area contributed by atoms with Crippen molar-refractivity contribution in [3.05, 3.63) is 33.9 Å². The van der Waals surface area contributed by atoms with Crippen LogP contribution >= 0.6 is 0 Å². The van der Waals surface area contributed by atoms with E-state index in [2.05, 4.69) is 5.32 Å². The molecule has 0 radical (unpaired) electrons. The van der Waals surface area contributed by atoms with Gasteiger partial charge in [-0.2, -0.15) is 0 Å². The van der Waals surface area contributed by atoms with Crippen molar-refractivity contribution in [1.29, 1.82) is 0 Å². The van der Waals surface area contributed by atoms with E-state index in [1.807, 2.05) is 0 Å². The van der Waals surface area contributed by atoms with Crippen LogP contribution in [-0.4, -0.2) is 74.9 Å². The van der Waals surface area contributed by atoms with Crippen LogP contribution in [0.4, 0.5) is 11.4 Å². The number of nitrogens with zero attached hydrogens (tertiary/aromatic N) is 2. The minimum absolute atomic E-state index is 0.00349. The number of ether oxygens (including phenoxy) is 3. The Morgan fingerprint density at radius 1 is 1.35 bits per heavy atom. The first-order chi connectivity index (χ1) is 12.5. The molecular formula is C16H21N3O7. The summed E-state index contributed by atoms with van der Waals surface area (Å²) in [6.07, 6.45) is 0. The molecule has 1 fully saturated rings. The first kappa shape index (κ1) is 19.6. The second-order valence-corrected chi connectivity index (χ2v) is 5.48. The molecule has 0 atom stereocenters. The van der Waals surface area contributed by atoms with Gasteiger partial charge in [0.15, 0.2) is 6.61 Å². The van der Waals surface area contributed by atoms with E-state index in [4.69, 9.17) is 14.2 Å². The number of nitro groups is 1. The van der Waals surface area contributed by atoms with Crippen molar-refractivity contribution >= 4 is 23.3 Å². The topological polar surface area (TPSA) is 120 Å². The highest BCUT2D eigenvalue weighted by molar-refractivity contribution is 5.93. The zero-order chi connectivity index (χ0) is 18.9. The van der Waals surface area contributed by atoms with Gasteiger partial charge in [0.05, 0.1) is 30.3 Å². The summed E-state index contributed by atoms with van der Waals surface area (Å²) in [5.41, 5.74) is 0.0202. The fourth-order valence-electron chi connectivity index (χ4n) is 2.36. The molecule has 0 aromatic heterocycles. The van der Waals surface area contributed by atoms with E-state index >= 15 is 0 Å². The molecule has 0 unspecified atom stereocenters. The Morgan fingerprint density at radius 3 is 2.73 bits per heavy atom. The molecule has 0 spiro atoms. The lowest BCUT2D eigenvalue weighted by atomic mass is 10.1. The normalized spacial score (nSPS) is 14.0. The number of carbonyl (C=O) groups is 2. The molecule has 1 aromatic carbocycles. The Balaban J connectivity index is 1.98. The van der Waals surface area contributed by atoms with Gasteiger partial charge in [0.25, 0.3) is 11.6 Å². The highest BCUT2D eigenvalue weighted by Crippen LogP contribution is 2.25. The van der Waals surface area contributed by atoms with Crippen LogP contribution in [0.5, 0.6) is 0 Å². The first-order valence-corrected chi connectivity index (χ1v) is 8.07. The van der Waals surface area contributed by atoms with Gasteiger partial charge in [0.2, 0.25) is 0 Å². The number of carbonyl (C=O) groups excluding carboxylic acids is 2. The van der Waals surface area contributed by atoms with Gasteiger partial charge in [-0.25, -0.2) is 4.79 Å². The van der Waals surface area contributed by atoms with Gasteiger partial charge in [-0.15, -0.1) is 0 Å². The number of hydrogen-bond donors (Lipinski definition) is 1. The maximum absolute atomic E-state index is 12.1. The molecule has 1 heterocycles. The van der Waals surface area contributed by atoms with Gasteiger partial charge >= 0.3 is 5.97 Å². The Kier molecular flexibility index (Phi) is 7.30. The Bertz CT molecular complexity index is 659. The number of rotatable bonds is 8. The molecule has 1 saturated heterocycles. The van der Waals surface area contributed by atoms with Crippen LogP contribution in [0.15, 0.2) is 18.2 Å². The van der Waals surface area contributed by atoms with Crippen LogP contribution in [-0.2, 0) is 19.0 Å². The summed E-state index contributed by atoms with van der Waals surface area (Å²) >= 11 is 0. The molecule has 1 N–H and O–H groups in total. The zero-order valence-corrected chi connectivity index (χ0v) is 14.4. The second kappa shape index (κ2) is 9.68. The van der Waals surface area contributed by atoms with E-state index in [0.29, 0.717) is 39.5 Å². The van der Waals surface area contributed by atoms with E-state index in [9.17, 15) is 19.7 Å². The summed E-state index contributed by atoms with van der Waals surface area (Å²) in [6, 6.07) is 3.95. The molecule has 0 aliphatic carbocycles. The zero-order valence-electron chi connectivity index (χ0n) is 14.4. The number of nitrogens with one attached hydrogen (secondary N) is 1. The summed E-state index contributed by atoms with van der Waals surface area (Å²) < 4.78 is 15.0. The van der Waals surface area contributed by atoms with E-state index in [-0.39, 0.29) is 22.8 Å². The van der Waals surface area contributed by atoms with Crippen molar-refractivity contribution in [2.45, 2.75) is 0 Å². The van der Waals surface area contributed by atoms with Crippen LogP contribution in [0.25, 0.3) is 0 Å². The second-order valence-electron chi connectivity index (χ2n) is 5.48. The summed E-state index contributed by atoms with van der Waals surface area (Å²) in [4.78, 5) is 36.2. The monoisotopic (exact) mass is 367 g/mol. The quantitative estimate of drug-likeness (QED) is 0.308. The Labute approximate surface area is 150 Å². The first-order valence-electron chi connectivity index (χ1n) is 8.07. The number of anilines is 1. The maximum Gasteiger partial charge on any atom is 0.338 e. The number of nitro benzene ring substituents is 1. The highest BCUT2D eigenvalue weighted by atomic mass is 16.6. The van der Waals surface area contributed by atoms with Crippen LogP contribution in [0.2, 0.25) is 0 Å². The maximum atomic E-state index is 12.1. The van der Waals surface area contributed by atoms with E-state index in [0.717, 1.165) is 6.07 Å². The predicted octanol–water partition coefficient (Wildman–Crippen LogP) is 0.669. The number of benzene rings is 1. The molecular weight excluding hydrogens is 346 g/mol. The molecule has 1 amide bonds. The molecule has 26 heavy (non-hydrogen) atoms. The number of amides is 1. The average molecular weight is 367 g/mol. The van der Waals surface area contributed by atoms with Crippen LogP contribution in [0.1, 0.15) is 10.4 Å². The van der Waals surface area contributed by atoms with Crippen molar-refractivity contribution < 1.29 is 28.7 Å². The van der Waals surface area contributed by atoms with E-state index < -0.39 is 17.5 Å². The molecule has 2 rings (SSSR count). The number of morpholine rings is 1. The Morgan fingerprint density at radius 2 is 2.08 bits per heavy atom.